The van der Waals surface area contributed by atoms with E-state index in [-0.39, 0.29) is 12.5 Å². The molecule has 0 radical (unpaired) electrons. The highest BCUT2D eigenvalue weighted by atomic mass is 19.1. The van der Waals surface area contributed by atoms with E-state index >= 15 is 0 Å². The van der Waals surface area contributed by atoms with Gasteiger partial charge in [-0.15, -0.1) is 5.10 Å². The van der Waals surface area contributed by atoms with Crippen molar-refractivity contribution in [1.29, 1.82) is 0 Å². The van der Waals surface area contributed by atoms with Crippen LogP contribution in [0.3, 0.4) is 0 Å². The second-order valence-electron chi connectivity index (χ2n) is 7.67. The number of rotatable bonds is 5. The van der Waals surface area contributed by atoms with Gasteiger partial charge in [-0.2, -0.15) is 0 Å². The highest BCUT2D eigenvalue weighted by Gasteiger charge is 2.22. The molecule has 5 rings (SSSR count). The number of nitrogens with zero attached hydrogens (tertiary/aromatic N) is 6. The third-order valence-electron chi connectivity index (χ3n) is 5.33. The SMILES string of the molecule is COc1cc(-c2c(-c3ccccc3)nc(N)n3c(=O)n(Cc4ccc(F)cn4)nc23)cc(C)n1. The fraction of sp³-hybridized carbons (Fsp3) is 0.125. The smallest absolute Gasteiger partial charge is 0.353 e. The van der Waals surface area contributed by atoms with Gasteiger partial charge in [0.25, 0.3) is 0 Å². The molecule has 2 N–H and O–H groups in total. The number of fused-ring (bicyclic) bond motifs is 1. The standard InChI is InChI=1S/C24H20FN7O2/c1-14-10-16(11-19(28-14)34-2)20-21(15-6-4-3-5-7-15)29-23(26)32-22(20)30-31(24(32)33)13-18-9-8-17(25)12-27-18/h3-12H,13H2,1-2H3,(H2,26,29). The Balaban J connectivity index is 1.81. The van der Waals surface area contributed by atoms with E-state index in [0.29, 0.717) is 28.5 Å². The molecule has 0 aliphatic heterocycles. The van der Waals surface area contributed by atoms with Crippen LogP contribution < -0.4 is 16.2 Å². The quantitative estimate of drug-likeness (QED) is 0.431. The van der Waals surface area contributed by atoms with Gasteiger partial charge in [-0.05, 0) is 30.7 Å². The lowest BCUT2D eigenvalue weighted by molar-refractivity contribution is 0.397. The van der Waals surface area contributed by atoms with Gasteiger partial charge in [0, 0.05) is 17.3 Å². The number of nitrogens with two attached hydrogens (primary N) is 1. The van der Waals surface area contributed by atoms with Gasteiger partial charge in [0.05, 0.1) is 36.8 Å². The number of nitrogen functional groups attached to an aromatic ring is 1. The summed E-state index contributed by atoms with van der Waals surface area (Å²) in [6.45, 7) is 1.89. The molecular formula is C24H20FN7O2. The minimum atomic E-state index is -0.482. The molecule has 10 heteroatoms. The Kier molecular flexibility index (Phi) is 5.25. The van der Waals surface area contributed by atoms with E-state index in [1.54, 1.807) is 6.07 Å². The van der Waals surface area contributed by atoms with Crippen LogP contribution in [0.5, 0.6) is 5.88 Å². The van der Waals surface area contributed by atoms with Gasteiger partial charge in [-0.3, -0.25) is 4.98 Å². The molecule has 34 heavy (non-hydrogen) atoms. The van der Waals surface area contributed by atoms with Crippen LogP contribution in [0.1, 0.15) is 11.4 Å². The first-order valence-electron chi connectivity index (χ1n) is 10.4. The molecule has 0 fully saturated rings. The molecule has 170 valence electrons. The number of halogens is 1. The van der Waals surface area contributed by atoms with Crippen LogP contribution in [0.15, 0.2) is 65.6 Å². The number of aryl methyl sites for hydroxylation is 1. The maximum Gasteiger partial charge on any atom is 0.353 e. The second-order valence-corrected chi connectivity index (χ2v) is 7.67. The molecule has 0 aliphatic carbocycles. The van der Waals surface area contributed by atoms with Gasteiger partial charge >= 0.3 is 5.69 Å². The Hall–Kier alpha value is -4.60. The van der Waals surface area contributed by atoms with Crippen molar-refractivity contribution in [2.75, 3.05) is 12.8 Å². The van der Waals surface area contributed by atoms with E-state index < -0.39 is 11.5 Å². The van der Waals surface area contributed by atoms with E-state index in [0.717, 1.165) is 23.0 Å². The van der Waals surface area contributed by atoms with Crippen molar-refractivity contribution in [3.63, 3.8) is 0 Å². The minimum absolute atomic E-state index is 0.00124. The van der Waals surface area contributed by atoms with Crippen LogP contribution in [0.2, 0.25) is 0 Å². The maximum atomic E-state index is 13.3. The van der Waals surface area contributed by atoms with Gasteiger partial charge < -0.3 is 10.5 Å². The third kappa shape index (κ3) is 3.75. The van der Waals surface area contributed by atoms with Crippen LogP contribution in [0.4, 0.5) is 10.3 Å². The number of pyridine rings is 2. The summed E-state index contributed by atoms with van der Waals surface area (Å²) in [7, 11) is 1.54. The normalized spacial score (nSPS) is 11.1. The summed E-state index contributed by atoms with van der Waals surface area (Å²) in [5, 5.41) is 4.59. The summed E-state index contributed by atoms with van der Waals surface area (Å²) in [6.07, 6.45) is 1.09. The summed E-state index contributed by atoms with van der Waals surface area (Å²) in [5.74, 6) is -0.0451. The first-order chi connectivity index (χ1) is 16.4. The Morgan fingerprint density at radius 1 is 1.06 bits per heavy atom. The lowest BCUT2D eigenvalue weighted by atomic mass is 10.00. The number of benzene rings is 1. The predicted octanol–water partition coefficient (Wildman–Crippen LogP) is 3.10. The fourth-order valence-electron chi connectivity index (χ4n) is 3.82. The van der Waals surface area contributed by atoms with Crippen LogP contribution in [0, 0.1) is 12.7 Å². The Labute approximate surface area is 193 Å². The number of aromatic nitrogens is 6. The van der Waals surface area contributed by atoms with E-state index in [1.165, 1.54) is 28.3 Å². The molecule has 0 bridgehead atoms. The highest BCUT2D eigenvalue weighted by Crippen LogP contribution is 2.35. The van der Waals surface area contributed by atoms with Gasteiger partial charge in [-0.25, -0.2) is 28.2 Å². The van der Waals surface area contributed by atoms with Gasteiger partial charge in [-0.1, -0.05) is 30.3 Å². The zero-order chi connectivity index (χ0) is 23.8. The average molecular weight is 457 g/mol. The van der Waals surface area contributed by atoms with Crippen molar-refractivity contribution >= 4 is 11.6 Å². The Morgan fingerprint density at radius 2 is 1.85 bits per heavy atom. The molecule has 0 unspecified atom stereocenters. The molecule has 9 nitrogen and oxygen atoms in total. The fourth-order valence-corrected chi connectivity index (χ4v) is 3.82. The van der Waals surface area contributed by atoms with Crippen LogP contribution >= 0.6 is 0 Å². The summed E-state index contributed by atoms with van der Waals surface area (Å²) < 4.78 is 21.1. The Bertz CT molecular complexity index is 1560. The first kappa shape index (κ1) is 21.3. The zero-order valence-electron chi connectivity index (χ0n) is 18.4. The molecule has 0 amide bonds. The van der Waals surface area contributed by atoms with Crippen molar-refractivity contribution in [3.05, 3.63) is 88.5 Å². The molecule has 0 saturated carbocycles. The predicted molar refractivity (Wildman–Crippen MR) is 125 cm³/mol. The lowest BCUT2D eigenvalue weighted by Gasteiger charge is -2.13. The van der Waals surface area contributed by atoms with E-state index in [4.69, 9.17) is 10.5 Å². The maximum absolute atomic E-state index is 13.3. The molecule has 4 aromatic heterocycles. The van der Waals surface area contributed by atoms with Gasteiger partial charge in [0.15, 0.2) is 5.65 Å². The Morgan fingerprint density at radius 3 is 2.56 bits per heavy atom. The monoisotopic (exact) mass is 457 g/mol. The van der Waals surface area contributed by atoms with E-state index in [2.05, 4.69) is 20.1 Å². The van der Waals surface area contributed by atoms with E-state index in [9.17, 15) is 9.18 Å². The summed E-state index contributed by atoms with van der Waals surface area (Å²) in [6, 6.07) is 15.9. The van der Waals surface area contributed by atoms with Crippen LogP contribution in [0.25, 0.3) is 28.0 Å². The molecule has 0 atom stereocenters. The number of hydrogen-bond acceptors (Lipinski definition) is 7. The van der Waals surface area contributed by atoms with Crippen LogP contribution in [-0.2, 0) is 6.54 Å². The molecule has 5 aromatic rings. The van der Waals surface area contributed by atoms with Crippen molar-refractivity contribution in [2.24, 2.45) is 0 Å². The number of hydrogen-bond donors (Lipinski definition) is 1. The van der Waals surface area contributed by atoms with Crippen molar-refractivity contribution in [2.45, 2.75) is 13.5 Å². The zero-order valence-corrected chi connectivity index (χ0v) is 18.4. The summed E-state index contributed by atoms with van der Waals surface area (Å²) in [4.78, 5) is 26.2. The largest absolute Gasteiger partial charge is 0.481 e. The first-order valence-corrected chi connectivity index (χ1v) is 10.4. The molecular weight excluding hydrogens is 437 g/mol. The van der Waals surface area contributed by atoms with E-state index in [1.807, 2.05) is 43.3 Å². The average Bonchev–Trinajstić information content (AvgIpc) is 3.16. The molecule has 4 heterocycles. The van der Waals surface area contributed by atoms with Crippen LogP contribution in [-0.4, -0.2) is 36.2 Å². The van der Waals surface area contributed by atoms with Gasteiger partial charge in [0.1, 0.15) is 5.82 Å². The third-order valence-corrected chi connectivity index (χ3v) is 5.33. The van der Waals surface area contributed by atoms with Crippen molar-refractivity contribution in [3.8, 4) is 28.3 Å². The molecule has 1 aromatic carbocycles. The van der Waals surface area contributed by atoms with Gasteiger partial charge in [0.2, 0.25) is 11.8 Å². The summed E-state index contributed by atoms with van der Waals surface area (Å²) >= 11 is 0. The second kappa shape index (κ2) is 8.39. The van der Waals surface area contributed by atoms with Crippen molar-refractivity contribution < 1.29 is 9.13 Å². The molecule has 0 aliphatic rings. The topological polar surface area (TPSA) is 113 Å². The number of ether oxygens (including phenoxy) is 1. The summed E-state index contributed by atoms with van der Waals surface area (Å²) in [5.41, 5.74) is 9.99. The highest BCUT2D eigenvalue weighted by molar-refractivity contribution is 5.91. The molecule has 0 spiro atoms. The van der Waals surface area contributed by atoms with Crippen molar-refractivity contribution in [1.82, 2.24) is 29.1 Å². The number of anilines is 1. The molecule has 0 saturated heterocycles. The number of methoxy groups -OCH3 is 1. The lowest BCUT2D eigenvalue weighted by Crippen LogP contribution is -2.24. The minimum Gasteiger partial charge on any atom is -0.481 e.